The molecule has 0 spiro atoms. The van der Waals surface area contributed by atoms with Crippen LogP contribution in [0, 0.1) is 0 Å². The van der Waals surface area contributed by atoms with Gasteiger partial charge in [-0.1, -0.05) is 161 Å². The van der Waals surface area contributed by atoms with Gasteiger partial charge in [0, 0.05) is 12.8 Å². The van der Waals surface area contributed by atoms with Crippen LogP contribution in [0.3, 0.4) is 0 Å². The second kappa shape index (κ2) is 38.1. The molecule has 65 heavy (non-hydrogen) atoms. The van der Waals surface area contributed by atoms with Crippen LogP contribution in [0.5, 0.6) is 0 Å². The molecular formula is C50H92O15. The highest BCUT2D eigenvalue weighted by molar-refractivity contribution is 5.70. The van der Waals surface area contributed by atoms with E-state index >= 15 is 0 Å². The summed E-state index contributed by atoms with van der Waals surface area (Å²) in [5.41, 5.74) is 0. The number of rotatable bonds is 40. The van der Waals surface area contributed by atoms with Crippen LogP contribution in [-0.4, -0.2) is 142 Å². The van der Waals surface area contributed by atoms with E-state index in [1.54, 1.807) is 0 Å². The first kappa shape index (κ1) is 59.4. The van der Waals surface area contributed by atoms with Gasteiger partial charge in [0.15, 0.2) is 18.7 Å². The second-order valence-corrected chi connectivity index (χ2v) is 18.4. The summed E-state index contributed by atoms with van der Waals surface area (Å²) >= 11 is 0. The van der Waals surface area contributed by atoms with Crippen LogP contribution in [0.2, 0.25) is 0 Å². The first-order valence-corrected chi connectivity index (χ1v) is 25.8. The minimum absolute atomic E-state index is 0.149. The molecule has 11 atom stereocenters. The largest absolute Gasteiger partial charge is 0.462 e. The fourth-order valence-electron chi connectivity index (χ4n) is 8.21. The molecule has 0 radical (unpaired) electrons. The minimum Gasteiger partial charge on any atom is -0.462 e. The number of carbonyl (C=O) groups excluding carboxylic acids is 2. The fourth-order valence-corrected chi connectivity index (χ4v) is 8.21. The number of hydrogen-bond acceptors (Lipinski definition) is 15. The standard InChI is InChI=1S/C50H92O15/c1-3-5-7-9-11-13-15-17-19-21-23-25-27-29-31-33-42(53)63-38(35-60-41(52)32-30-28-26-24-22-20-18-16-14-12-10-8-6-4-2)36-61-49-48(59)46(57)44(55)40(65-49)37-62-50-47(58)45(56)43(54)39(34-51)64-50/h21,23,38-40,43-51,54-59H,3-20,22,24-37H2,1-2H3/b23-21+/t38-,39-,40-,43+,44+,45?,46?,47?,48?,49-,50-/m1/s1. The van der Waals surface area contributed by atoms with Gasteiger partial charge < -0.3 is 64.2 Å². The molecule has 0 bridgehead atoms. The van der Waals surface area contributed by atoms with Crippen LogP contribution in [0.1, 0.15) is 200 Å². The maximum absolute atomic E-state index is 13.0. The van der Waals surface area contributed by atoms with Gasteiger partial charge in [0.1, 0.15) is 55.4 Å². The number of carbonyl (C=O) groups is 2. The molecule has 2 aliphatic heterocycles. The van der Waals surface area contributed by atoms with Crippen molar-refractivity contribution in [2.24, 2.45) is 0 Å². The first-order valence-electron chi connectivity index (χ1n) is 25.8. The average molecular weight is 933 g/mol. The van der Waals surface area contributed by atoms with E-state index in [1.165, 1.54) is 116 Å². The molecule has 0 aromatic rings. The third-order valence-corrected chi connectivity index (χ3v) is 12.5. The van der Waals surface area contributed by atoms with Gasteiger partial charge in [0.05, 0.1) is 19.8 Å². The van der Waals surface area contributed by atoms with Crippen LogP contribution in [0.25, 0.3) is 0 Å². The number of ether oxygens (including phenoxy) is 6. The normalized spacial score (nSPS) is 26.4. The molecule has 2 rings (SSSR count). The van der Waals surface area contributed by atoms with Crippen molar-refractivity contribution in [3.8, 4) is 0 Å². The lowest BCUT2D eigenvalue weighted by molar-refractivity contribution is -0.332. The maximum Gasteiger partial charge on any atom is 0.306 e. The van der Waals surface area contributed by atoms with Crippen molar-refractivity contribution in [2.45, 2.75) is 268 Å². The van der Waals surface area contributed by atoms with Crippen molar-refractivity contribution in [1.82, 2.24) is 0 Å². The van der Waals surface area contributed by atoms with Crippen LogP contribution >= 0.6 is 0 Å². The molecule has 15 nitrogen and oxygen atoms in total. The highest BCUT2D eigenvalue weighted by Crippen LogP contribution is 2.26. The van der Waals surface area contributed by atoms with Gasteiger partial charge in [-0.2, -0.15) is 0 Å². The Labute approximate surface area is 390 Å². The molecule has 2 fully saturated rings. The number of hydrogen-bond donors (Lipinski definition) is 7. The smallest absolute Gasteiger partial charge is 0.306 e. The van der Waals surface area contributed by atoms with Gasteiger partial charge in [0.2, 0.25) is 0 Å². The molecule has 2 saturated heterocycles. The molecule has 0 aromatic heterocycles. The zero-order valence-electron chi connectivity index (χ0n) is 40.2. The number of aliphatic hydroxyl groups excluding tert-OH is 7. The van der Waals surface area contributed by atoms with E-state index in [0.717, 1.165) is 44.9 Å². The third kappa shape index (κ3) is 26.5. The molecule has 0 amide bonds. The Kier molecular flexibility index (Phi) is 34.8. The molecule has 382 valence electrons. The Hall–Kier alpha value is -1.76. The van der Waals surface area contributed by atoms with Gasteiger partial charge in [-0.15, -0.1) is 0 Å². The summed E-state index contributed by atoms with van der Waals surface area (Å²) < 4.78 is 33.6. The van der Waals surface area contributed by atoms with E-state index in [9.17, 15) is 45.3 Å². The van der Waals surface area contributed by atoms with E-state index in [1.807, 2.05) is 0 Å². The Bertz CT molecular complexity index is 1190. The van der Waals surface area contributed by atoms with Crippen molar-refractivity contribution in [3.05, 3.63) is 12.2 Å². The van der Waals surface area contributed by atoms with Crippen molar-refractivity contribution < 1.29 is 73.8 Å². The van der Waals surface area contributed by atoms with Gasteiger partial charge in [-0.3, -0.25) is 9.59 Å². The van der Waals surface area contributed by atoms with E-state index in [0.29, 0.717) is 12.8 Å². The van der Waals surface area contributed by atoms with Crippen LogP contribution in [0.4, 0.5) is 0 Å². The molecule has 4 unspecified atom stereocenters. The molecule has 0 aliphatic carbocycles. The quantitative estimate of drug-likeness (QED) is 0.0187. The fraction of sp³-hybridized carbons (Fsp3) is 0.920. The number of aliphatic hydroxyl groups is 7. The van der Waals surface area contributed by atoms with Crippen LogP contribution < -0.4 is 0 Å². The van der Waals surface area contributed by atoms with E-state index in [4.69, 9.17) is 28.4 Å². The van der Waals surface area contributed by atoms with Gasteiger partial charge >= 0.3 is 11.9 Å². The third-order valence-electron chi connectivity index (χ3n) is 12.5. The van der Waals surface area contributed by atoms with E-state index in [2.05, 4.69) is 26.0 Å². The molecule has 2 heterocycles. The topological polar surface area (TPSA) is 231 Å². The monoisotopic (exact) mass is 933 g/mol. The SMILES string of the molecule is CCCCCCCCCC/C=C/CCCCCC(=O)O[C@H](COC(=O)CCCCCCCCCCCCCCCC)CO[C@@H]1O[C@H](CO[C@@H]2O[C@H](CO)[C@H](O)C(O)C2O)[C@H](O)C(O)C1O. The molecule has 0 saturated carbocycles. The predicted molar refractivity (Wildman–Crippen MR) is 248 cm³/mol. The van der Waals surface area contributed by atoms with E-state index in [-0.39, 0.29) is 26.1 Å². The Morgan fingerprint density at radius 3 is 1.37 bits per heavy atom. The lowest BCUT2D eigenvalue weighted by atomic mass is 9.98. The van der Waals surface area contributed by atoms with Crippen LogP contribution in [0.15, 0.2) is 12.2 Å². The van der Waals surface area contributed by atoms with Crippen molar-refractivity contribution in [2.75, 3.05) is 26.4 Å². The summed E-state index contributed by atoms with van der Waals surface area (Å²) in [7, 11) is 0. The molecule has 0 aromatic carbocycles. The minimum atomic E-state index is -1.76. The van der Waals surface area contributed by atoms with Gasteiger partial charge in [-0.05, 0) is 38.5 Å². The summed E-state index contributed by atoms with van der Waals surface area (Å²) in [5, 5.41) is 72.0. The highest BCUT2D eigenvalue weighted by Gasteiger charge is 2.47. The van der Waals surface area contributed by atoms with Crippen LogP contribution in [-0.2, 0) is 38.0 Å². The molecule has 7 N–H and O–H groups in total. The highest BCUT2D eigenvalue weighted by atomic mass is 16.7. The molecule has 2 aliphatic rings. The van der Waals surface area contributed by atoms with Crippen molar-refractivity contribution in [1.29, 1.82) is 0 Å². The summed E-state index contributed by atoms with van der Waals surface area (Å²) in [6.07, 6.45) is 19.5. The first-order chi connectivity index (χ1) is 31.5. The van der Waals surface area contributed by atoms with Gasteiger partial charge in [-0.25, -0.2) is 0 Å². The summed E-state index contributed by atoms with van der Waals surface area (Å²) in [4.78, 5) is 25.7. The van der Waals surface area contributed by atoms with Crippen molar-refractivity contribution in [3.63, 3.8) is 0 Å². The summed E-state index contributed by atoms with van der Waals surface area (Å²) in [6.45, 7) is 2.59. The number of unbranched alkanes of at least 4 members (excludes halogenated alkanes) is 24. The number of esters is 2. The Morgan fingerprint density at radius 2 is 0.877 bits per heavy atom. The Morgan fingerprint density at radius 1 is 0.477 bits per heavy atom. The maximum atomic E-state index is 13.0. The Balaban J connectivity index is 1.82. The summed E-state index contributed by atoms with van der Waals surface area (Å²) in [5.74, 6) is -0.934. The lowest BCUT2D eigenvalue weighted by Gasteiger charge is -2.42. The second-order valence-electron chi connectivity index (χ2n) is 18.4. The number of allylic oxidation sites excluding steroid dienone is 2. The molecule has 15 heteroatoms. The zero-order chi connectivity index (χ0) is 47.5. The average Bonchev–Trinajstić information content (AvgIpc) is 3.30. The zero-order valence-corrected chi connectivity index (χ0v) is 40.2. The molecular weight excluding hydrogens is 841 g/mol. The summed E-state index contributed by atoms with van der Waals surface area (Å²) in [6, 6.07) is 0. The predicted octanol–water partition coefficient (Wildman–Crippen LogP) is 6.99. The van der Waals surface area contributed by atoms with Crippen molar-refractivity contribution >= 4 is 11.9 Å². The van der Waals surface area contributed by atoms with Gasteiger partial charge in [0.25, 0.3) is 0 Å². The lowest BCUT2D eigenvalue weighted by Crippen LogP contribution is -2.61. The van der Waals surface area contributed by atoms with E-state index < -0.39 is 92.7 Å².